The molecular formula is C11H23N3O2S. The van der Waals surface area contributed by atoms with Crippen LogP contribution in [0, 0.1) is 0 Å². The molecule has 0 saturated heterocycles. The van der Waals surface area contributed by atoms with Gasteiger partial charge in [-0.15, -0.1) is 0 Å². The fourth-order valence-electron chi connectivity index (χ4n) is 1.25. The SMILES string of the molecule is CCCCNC(=O)N(CCOC)CCC(N)=S. The number of carbonyl (C=O) groups is 1. The summed E-state index contributed by atoms with van der Waals surface area (Å²) in [5.74, 6) is 0. The van der Waals surface area contributed by atoms with Crippen molar-refractivity contribution in [2.75, 3.05) is 33.4 Å². The Bertz CT molecular complexity index is 237. The van der Waals surface area contributed by atoms with Crippen LogP contribution in [0.4, 0.5) is 4.79 Å². The van der Waals surface area contributed by atoms with Crippen molar-refractivity contribution < 1.29 is 9.53 Å². The Morgan fingerprint density at radius 2 is 2.18 bits per heavy atom. The van der Waals surface area contributed by atoms with Crippen molar-refractivity contribution in [1.82, 2.24) is 10.2 Å². The van der Waals surface area contributed by atoms with Crippen LogP contribution in [-0.2, 0) is 4.74 Å². The summed E-state index contributed by atoms with van der Waals surface area (Å²) in [7, 11) is 1.61. The number of methoxy groups -OCH3 is 1. The number of hydrogen-bond acceptors (Lipinski definition) is 3. The Kier molecular flexibility index (Phi) is 9.75. The third-order valence-corrected chi connectivity index (χ3v) is 2.49. The summed E-state index contributed by atoms with van der Waals surface area (Å²) in [5.41, 5.74) is 5.43. The molecule has 2 amide bonds. The molecule has 0 radical (unpaired) electrons. The lowest BCUT2D eigenvalue weighted by atomic mass is 10.3. The number of amides is 2. The van der Waals surface area contributed by atoms with E-state index in [9.17, 15) is 4.79 Å². The molecule has 3 N–H and O–H groups in total. The van der Waals surface area contributed by atoms with E-state index in [1.807, 2.05) is 0 Å². The van der Waals surface area contributed by atoms with Crippen molar-refractivity contribution in [3.05, 3.63) is 0 Å². The minimum absolute atomic E-state index is 0.0771. The Labute approximate surface area is 109 Å². The van der Waals surface area contributed by atoms with Gasteiger partial charge in [0.25, 0.3) is 0 Å². The Hall–Kier alpha value is -0.880. The molecule has 0 bridgehead atoms. The molecule has 17 heavy (non-hydrogen) atoms. The monoisotopic (exact) mass is 261 g/mol. The molecule has 0 aromatic heterocycles. The van der Waals surface area contributed by atoms with Crippen LogP contribution in [0.15, 0.2) is 0 Å². The van der Waals surface area contributed by atoms with Crippen molar-refractivity contribution in [2.45, 2.75) is 26.2 Å². The maximum absolute atomic E-state index is 11.8. The van der Waals surface area contributed by atoms with Crippen LogP contribution < -0.4 is 11.1 Å². The molecule has 6 heteroatoms. The summed E-state index contributed by atoms with van der Waals surface area (Å²) in [5, 5.41) is 2.86. The second-order valence-corrected chi connectivity index (χ2v) is 4.31. The van der Waals surface area contributed by atoms with Crippen LogP contribution in [0.1, 0.15) is 26.2 Å². The maximum atomic E-state index is 11.8. The molecule has 0 heterocycles. The molecule has 5 nitrogen and oxygen atoms in total. The molecule has 0 aliphatic rings. The van der Waals surface area contributed by atoms with Crippen LogP contribution in [0.3, 0.4) is 0 Å². The van der Waals surface area contributed by atoms with E-state index in [4.69, 9.17) is 22.7 Å². The predicted octanol–water partition coefficient (Wildman–Crippen LogP) is 1.12. The standard InChI is InChI=1S/C11H23N3O2S/c1-3-4-6-13-11(15)14(8-9-16-2)7-5-10(12)17/h3-9H2,1-2H3,(H2,12,17)(H,13,15). The van der Waals surface area contributed by atoms with Gasteiger partial charge in [0.05, 0.1) is 11.6 Å². The second kappa shape index (κ2) is 10.3. The molecule has 0 aliphatic carbocycles. The van der Waals surface area contributed by atoms with E-state index in [0.717, 1.165) is 12.8 Å². The van der Waals surface area contributed by atoms with Crippen molar-refractivity contribution in [1.29, 1.82) is 0 Å². The molecule has 0 fully saturated rings. The van der Waals surface area contributed by atoms with Crippen molar-refractivity contribution in [3.8, 4) is 0 Å². The van der Waals surface area contributed by atoms with Crippen LogP contribution in [-0.4, -0.2) is 49.3 Å². The third-order valence-electron chi connectivity index (χ3n) is 2.29. The van der Waals surface area contributed by atoms with E-state index in [1.54, 1.807) is 12.0 Å². The van der Waals surface area contributed by atoms with Crippen LogP contribution in [0.5, 0.6) is 0 Å². The smallest absolute Gasteiger partial charge is 0.317 e. The average Bonchev–Trinajstić information content (AvgIpc) is 2.29. The van der Waals surface area contributed by atoms with Gasteiger partial charge in [0.2, 0.25) is 0 Å². The van der Waals surface area contributed by atoms with Gasteiger partial charge in [-0.2, -0.15) is 0 Å². The first-order chi connectivity index (χ1) is 8.11. The first kappa shape index (κ1) is 16.1. The van der Waals surface area contributed by atoms with Gasteiger partial charge in [0.15, 0.2) is 0 Å². The van der Waals surface area contributed by atoms with Crippen molar-refractivity contribution >= 4 is 23.2 Å². The zero-order chi connectivity index (χ0) is 13.1. The van der Waals surface area contributed by atoms with Crippen molar-refractivity contribution in [2.24, 2.45) is 5.73 Å². The minimum atomic E-state index is -0.0771. The summed E-state index contributed by atoms with van der Waals surface area (Å²) in [4.78, 5) is 13.9. The molecule has 0 unspecified atom stereocenters. The van der Waals surface area contributed by atoms with E-state index in [1.165, 1.54) is 0 Å². The van der Waals surface area contributed by atoms with Gasteiger partial charge in [-0.25, -0.2) is 4.79 Å². The predicted molar refractivity (Wildman–Crippen MR) is 73.2 cm³/mol. The Morgan fingerprint density at radius 1 is 1.47 bits per heavy atom. The zero-order valence-electron chi connectivity index (χ0n) is 10.7. The lowest BCUT2D eigenvalue weighted by Gasteiger charge is -2.22. The number of carbonyl (C=O) groups excluding carboxylic acids is 1. The lowest BCUT2D eigenvalue weighted by Crippen LogP contribution is -2.43. The summed E-state index contributed by atoms with van der Waals surface area (Å²) < 4.78 is 4.97. The molecule has 0 atom stereocenters. The third kappa shape index (κ3) is 8.88. The van der Waals surface area contributed by atoms with Crippen LogP contribution in [0.2, 0.25) is 0 Å². The quantitative estimate of drug-likeness (QED) is 0.482. The minimum Gasteiger partial charge on any atom is -0.393 e. The Balaban J connectivity index is 4.04. The summed E-state index contributed by atoms with van der Waals surface area (Å²) in [6.45, 7) is 4.39. The van der Waals surface area contributed by atoms with Gasteiger partial charge in [0, 0.05) is 33.2 Å². The first-order valence-corrected chi connectivity index (χ1v) is 6.32. The summed E-state index contributed by atoms with van der Waals surface area (Å²) in [6, 6.07) is -0.0771. The number of nitrogens with one attached hydrogen (secondary N) is 1. The van der Waals surface area contributed by atoms with Crippen molar-refractivity contribution in [3.63, 3.8) is 0 Å². The summed E-state index contributed by atoms with van der Waals surface area (Å²) >= 11 is 4.81. The van der Waals surface area contributed by atoms with E-state index < -0.39 is 0 Å². The largest absolute Gasteiger partial charge is 0.393 e. The van der Waals surface area contributed by atoms with Gasteiger partial charge in [-0.05, 0) is 6.42 Å². The normalized spacial score (nSPS) is 10.0. The fourth-order valence-corrected chi connectivity index (χ4v) is 1.34. The molecule has 0 spiro atoms. The number of ether oxygens (including phenoxy) is 1. The second-order valence-electron chi connectivity index (χ2n) is 3.78. The highest BCUT2D eigenvalue weighted by molar-refractivity contribution is 7.80. The van der Waals surface area contributed by atoms with Gasteiger partial charge >= 0.3 is 6.03 Å². The van der Waals surface area contributed by atoms with Gasteiger partial charge in [0.1, 0.15) is 0 Å². The summed E-state index contributed by atoms with van der Waals surface area (Å²) in [6.07, 6.45) is 2.59. The number of hydrogen-bond donors (Lipinski definition) is 2. The zero-order valence-corrected chi connectivity index (χ0v) is 11.5. The number of thiocarbonyl (C=S) groups is 1. The molecule has 0 saturated carbocycles. The number of nitrogens with zero attached hydrogens (tertiary/aromatic N) is 1. The maximum Gasteiger partial charge on any atom is 0.317 e. The number of urea groups is 1. The molecule has 0 aromatic carbocycles. The van der Waals surface area contributed by atoms with E-state index in [-0.39, 0.29) is 6.03 Å². The van der Waals surface area contributed by atoms with Gasteiger partial charge < -0.3 is 20.7 Å². The number of rotatable bonds is 9. The molecule has 0 aromatic rings. The topological polar surface area (TPSA) is 67.6 Å². The molecule has 0 rings (SSSR count). The number of unbranched alkanes of at least 4 members (excludes halogenated alkanes) is 1. The number of nitrogens with two attached hydrogens (primary N) is 1. The average molecular weight is 261 g/mol. The van der Waals surface area contributed by atoms with E-state index in [2.05, 4.69) is 12.2 Å². The fraction of sp³-hybridized carbons (Fsp3) is 0.818. The van der Waals surface area contributed by atoms with Crippen LogP contribution in [0.25, 0.3) is 0 Å². The highest BCUT2D eigenvalue weighted by atomic mass is 32.1. The first-order valence-electron chi connectivity index (χ1n) is 5.91. The Morgan fingerprint density at radius 3 is 2.71 bits per heavy atom. The molecular weight excluding hydrogens is 238 g/mol. The lowest BCUT2D eigenvalue weighted by molar-refractivity contribution is 0.150. The van der Waals surface area contributed by atoms with Gasteiger partial charge in [-0.3, -0.25) is 0 Å². The van der Waals surface area contributed by atoms with E-state index >= 15 is 0 Å². The van der Waals surface area contributed by atoms with Crippen LogP contribution >= 0.6 is 12.2 Å². The molecule has 0 aliphatic heterocycles. The van der Waals surface area contributed by atoms with E-state index in [0.29, 0.717) is 37.7 Å². The highest BCUT2D eigenvalue weighted by Crippen LogP contribution is 1.95. The molecule has 100 valence electrons. The van der Waals surface area contributed by atoms with Gasteiger partial charge in [-0.1, -0.05) is 25.6 Å². The highest BCUT2D eigenvalue weighted by Gasteiger charge is 2.12.